The van der Waals surface area contributed by atoms with Gasteiger partial charge in [0.05, 0.1) is 36.1 Å². The number of hydrogen-bond acceptors (Lipinski definition) is 6. The Kier molecular flexibility index (Phi) is 5.96. The van der Waals surface area contributed by atoms with E-state index in [-0.39, 0.29) is 11.3 Å². The lowest BCUT2D eigenvalue weighted by molar-refractivity contribution is 0.105. The molecule has 1 heterocycles. The first-order chi connectivity index (χ1) is 13.6. The standard InChI is InChI=1S/C21H19NO5S/c1-25-16-9-5-4-8-14(16)15(23)12-19-22-21(24)18(28-19)11-13-7-6-10-17(26-2)20(13)27-3/h4-12H,1-3H3,(H,22,24)/b18-11-,19-12-. The average Bonchev–Trinajstić information content (AvgIpc) is 3.06. The number of hydrogen-bond donors (Lipinski definition) is 1. The number of methoxy groups -OCH3 is 3. The number of nitrogens with one attached hydrogen (secondary N) is 1. The lowest BCUT2D eigenvalue weighted by Crippen LogP contribution is -2.20. The number of Topliss-reactive ketones (excluding diaryl/α,β-unsaturated/α-hetero) is 1. The number of aromatic nitrogens is 1. The van der Waals surface area contributed by atoms with E-state index in [1.54, 1.807) is 50.6 Å². The predicted molar refractivity (Wildman–Crippen MR) is 109 cm³/mol. The first-order valence-electron chi connectivity index (χ1n) is 8.38. The van der Waals surface area contributed by atoms with Crippen LogP contribution >= 0.6 is 11.3 Å². The highest BCUT2D eigenvalue weighted by atomic mass is 32.1. The fourth-order valence-electron chi connectivity index (χ4n) is 2.74. The maximum absolute atomic E-state index is 12.6. The minimum absolute atomic E-state index is 0.250. The molecule has 0 atom stereocenters. The van der Waals surface area contributed by atoms with Crippen molar-refractivity contribution in [2.45, 2.75) is 0 Å². The minimum atomic E-state index is -0.283. The van der Waals surface area contributed by atoms with Crippen molar-refractivity contribution in [3.63, 3.8) is 0 Å². The third kappa shape index (κ3) is 3.99. The third-order valence-corrected chi connectivity index (χ3v) is 5.00. The number of benzene rings is 2. The molecule has 0 aliphatic heterocycles. The Morgan fingerprint density at radius 1 is 0.964 bits per heavy atom. The van der Waals surface area contributed by atoms with Gasteiger partial charge in [0.25, 0.3) is 5.56 Å². The normalized spacial score (nSPS) is 12.1. The number of para-hydroxylation sites is 2. The van der Waals surface area contributed by atoms with Gasteiger partial charge in [-0.05, 0) is 24.3 Å². The summed E-state index contributed by atoms with van der Waals surface area (Å²) in [4.78, 5) is 27.6. The van der Waals surface area contributed by atoms with Gasteiger partial charge in [0, 0.05) is 11.6 Å². The molecule has 3 rings (SSSR count). The summed E-state index contributed by atoms with van der Waals surface area (Å²) in [7, 11) is 4.60. The second kappa shape index (κ2) is 8.58. The smallest absolute Gasteiger partial charge is 0.266 e. The highest BCUT2D eigenvalue weighted by Crippen LogP contribution is 2.30. The van der Waals surface area contributed by atoms with Gasteiger partial charge in [-0.15, -0.1) is 11.3 Å². The number of rotatable bonds is 6. The molecule has 3 aromatic rings. The van der Waals surface area contributed by atoms with Crippen LogP contribution in [-0.4, -0.2) is 32.1 Å². The van der Waals surface area contributed by atoms with Gasteiger partial charge >= 0.3 is 0 Å². The van der Waals surface area contributed by atoms with Crippen LogP contribution in [-0.2, 0) is 0 Å². The van der Waals surface area contributed by atoms with E-state index in [1.807, 2.05) is 12.1 Å². The molecular weight excluding hydrogens is 378 g/mol. The SMILES string of the molecule is COc1ccccc1C(=O)/C=c1/[nH]c(=O)/c(=C/c2cccc(OC)c2OC)s1. The molecule has 2 aromatic carbocycles. The van der Waals surface area contributed by atoms with E-state index in [1.165, 1.54) is 24.5 Å². The average molecular weight is 397 g/mol. The van der Waals surface area contributed by atoms with Crippen LogP contribution in [0.3, 0.4) is 0 Å². The molecule has 0 saturated heterocycles. The topological polar surface area (TPSA) is 77.6 Å². The van der Waals surface area contributed by atoms with E-state index in [9.17, 15) is 9.59 Å². The number of ether oxygens (including phenoxy) is 3. The van der Waals surface area contributed by atoms with Crippen molar-refractivity contribution in [3.8, 4) is 17.2 Å². The zero-order valence-electron chi connectivity index (χ0n) is 15.6. The zero-order chi connectivity index (χ0) is 20.1. The van der Waals surface area contributed by atoms with Crippen LogP contribution in [0.4, 0.5) is 0 Å². The molecule has 1 aromatic heterocycles. The van der Waals surface area contributed by atoms with E-state index >= 15 is 0 Å². The van der Waals surface area contributed by atoms with Crippen molar-refractivity contribution >= 4 is 29.3 Å². The number of carbonyl (C=O) groups excluding carboxylic acids is 1. The molecule has 0 spiro atoms. The summed E-state index contributed by atoms with van der Waals surface area (Å²) < 4.78 is 16.8. The quantitative estimate of drug-likeness (QED) is 0.644. The maximum atomic E-state index is 12.6. The van der Waals surface area contributed by atoms with E-state index in [4.69, 9.17) is 14.2 Å². The van der Waals surface area contributed by atoms with Crippen LogP contribution < -0.4 is 29.0 Å². The highest BCUT2D eigenvalue weighted by Gasteiger charge is 2.10. The molecule has 0 unspecified atom stereocenters. The molecule has 0 bridgehead atoms. The summed E-state index contributed by atoms with van der Waals surface area (Å²) in [5.41, 5.74) is 0.852. The van der Waals surface area contributed by atoms with Crippen LogP contribution in [0.5, 0.6) is 17.2 Å². The number of aromatic amines is 1. The number of ketones is 1. The summed E-state index contributed by atoms with van der Waals surface area (Å²) in [6, 6.07) is 12.4. The molecule has 144 valence electrons. The van der Waals surface area contributed by atoms with Crippen LogP contribution in [0, 0.1) is 0 Å². The molecule has 0 fully saturated rings. The lowest BCUT2D eigenvalue weighted by Gasteiger charge is -2.09. The summed E-state index contributed by atoms with van der Waals surface area (Å²) in [6.45, 7) is 0. The van der Waals surface area contributed by atoms with E-state index < -0.39 is 0 Å². The fraction of sp³-hybridized carbons (Fsp3) is 0.143. The predicted octanol–water partition coefficient (Wildman–Crippen LogP) is 1.95. The largest absolute Gasteiger partial charge is 0.496 e. The second-order valence-corrected chi connectivity index (χ2v) is 6.80. The lowest BCUT2D eigenvalue weighted by atomic mass is 10.1. The van der Waals surface area contributed by atoms with Crippen molar-refractivity contribution in [1.29, 1.82) is 0 Å². The van der Waals surface area contributed by atoms with Gasteiger partial charge in [-0.25, -0.2) is 0 Å². The zero-order valence-corrected chi connectivity index (χ0v) is 16.5. The third-order valence-electron chi connectivity index (χ3n) is 4.04. The van der Waals surface area contributed by atoms with E-state index in [0.717, 1.165) is 0 Å². The molecule has 7 heteroatoms. The van der Waals surface area contributed by atoms with Crippen molar-refractivity contribution in [1.82, 2.24) is 4.98 Å². The maximum Gasteiger partial charge on any atom is 0.266 e. The van der Waals surface area contributed by atoms with Crippen molar-refractivity contribution < 1.29 is 19.0 Å². The Morgan fingerprint density at radius 3 is 2.39 bits per heavy atom. The Bertz CT molecular complexity index is 1180. The first-order valence-corrected chi connectivity index (χ1v) is 9.20. The molecular formula is C21H19NO5S. The summed E-state index contributed by atoms with van der Waals surface area (Å²) in [5, 5.41) is 0. The van der Waals surface area contributed by atoms with Crippen LogP contribution in [0.2, 0.25) is 0 Å². The Morgan fingerprint density at radius 2 is 1.68 bits per heavy atom. The highest BCUT2D eigenvalue weighted by molar-refractivity contribution is 7.07. The summed E-state index contributed by atoms with van der Waals surface area (Å²) in [6.07, 6.45) is 3.10. The van der Waals surface area contributed by atoms with Crippen LogP contribution in [0.25, 0.3) is 12.2 Å². The molecule has 0 aliphatic carbocycles. The van der Waals surface area contributed by atoms with Gasteiger partial charge < -0.3 is 19.2 Å². The van der Waals surface area contributed by atoms with Gasteiger partial charge in [0.2, 0.25) is 0 Å². The van der Waals surface area contributed by atoms with E-state index in [2.05, 4.69) is 4.98 Å². The monoisotopic (exact) mass is 397 g/mol. The number of H-pyrrole nitrogens is 1. The van der Waals surface area contributed by atoms with Crippen molar-refractivity contribution in [2.24, 2.45) is 0 Å². The van der Waals surface area contributed by atoms with Gasteiger partial charge in [-0.2, -0.15) is 0 Å². The molecule has 6 nitrogen and oxygen atoms in total. The Labute approximate surface area is 165 Å². The fourth-order valence-corrected chi connectivity index (χ4v) is 3.61. The van der Waals surface area contributed by atoms with Gasteiger partial charge in [0.15, 0.2) is 17.3 Å². The molecule has 28 heavy (non-hydrogen) atoms. The first kappa shape index (κ1) is 19.4. The Hall–Kier alpha value is -3.32. The van der Waals surface area contributed by atoms with Crippen molar-refractivity contribution in [3.05, 3.63) is 73.1 Å². The van der Waals surface area contributed by atoms with Gasteiger partial charge in [0.1, 0.15) is 5.75 Å². The summed E-state index contributed by atoms with van der Waals surface area (Å²) in [5.74, 6) is 1.34. The summed E-state index contributed by atoms with van der Waals surface area (Å²) >= 11 is 1.19. The number of thiazole rings is 1. The van der Waals surface area contributed by atoms with Crippen molar-refractivity contribution in [2.75, 3.05) is 21.3 Å². The number of carbonyl (C=O) groups is 1. The van der Waals surface area contributed by atoms with Gasteiger partial charge in [-0.1, -0.05) is 24.3 Å². The van der Waals surface area contributed by atoms with Crippen LogP contribution in [0.1, 0.15) is 15.9 Å². The van der Waals surface area contributed by atoms with Gasteiger partial charge in [-0.3, -0.25) is 9.59 Å². The van der Waals surface area contributed by atoms with E-state index in [0.29, 0.717) is 37.6 Å². The molecule has 0 amide bonds. The Balaban J connectivity index is 2.05. The molecule has 0 saturated carbocycles. The molecule has 1 N–H and O–H groups in total. The van der Waals surface area contributed by atoms with Crippen LogP contribution in [0.15, 0.2) is 47.3 Å². The molecule has 0 radical (unpaired) electrons. The second-order valence-electron chi connectivity index (χ2n) is 5.72. The molecule has 0 aliphatic rings. The minimum Gasteiger partial charge on any atom is -0.496 e.